The standard InChI is InChI=1S/C15H16N2O4/c1-20-14-7-3-10-9-11(4-5-12(10)17-14)16-13(18)6-8-15(19)21-2/h3-5,7,9H,6,8H2,1-2H3,(H,16,18). The highest BCUT2D eigenvalue weighted by molar-refractivity contribution is 5.94. The van der Waals surface area contributed by atoms with Crippen LogP contribution in [0.5, 0.6) is 5.88 Å². The number of hydrogen-bond acceptors (Lipinski definition) is 5. The maximum absolute atomic E-state index is 11.7. The molecule has 0 saturated carbocycles. The molecule has 0 unspecified atom stereocenters. The molecule has 1 amide bonds. The van der Waals surface area contributed by atoms with Crippen LogP contribution in [0.25, 0.3) is 10.9 Å². The highest BCUT2D eigenvalue weighted by Gasteiger charge is 2.08. The van der Waals surface area contributed by atoms with Crippen LogP contribution in [0.15, 0.2) is 30.3 Å². The van der Waals surface area contributed by atoms with Crippen LogP contribution in [-0.2, 0) is 14.3 Å². The molecule has 1 N–H and O–H groups in total. The monoisotopic (exact) mass is 288 g/mol. The number of fused-ring (bicyclic) bond motifs is 1. The van der Waals surface area contributed by atoms with Gasteiger partial charge in [-0.3, -0.25) is 9.59 Å². The molecule has 1 heterocycles. The van der Waals surface area contributed by atoms with Crippen LogP contribution in [0.1, 0.15) is 12.8 Å². The van der Waals surface area contributed by atoms with Gasteiger partial charge >= 0.3 is 5.97 Å². The number of esters is 1. The zero-order valence-corrected chi connectivity index (χ0v) is 11.9. The molecule has 0 aliphatic rings. The first-order valence-corrected chi connectivity index (χ1v) is 6.44. The van der Waals surface area contributed by atoms with Gasteiger partial charge in [0.05, 0.1) is 26.2 Å². The van der Waals surface area contributed by atoms with Crippen molar-refractivity contribution in [2.24, 2.45) is 0 Å². The van der Waals surface area contributed by atoms with Crippen molar-refractivity contribution in [2.75, 3.05) is 19.5 Å². The average Bonchev–Trinajstić information content (AvgIpc) is 2.52. The lowest BCUT2D eigenvalue weighted by Crippen LogP contribution is -2.13. The van der Waals surface area contributed by atoms with E-state index in [1.54, 1.807) is 25.3 Å². The number of carbonyl (C=O) groups excluding carboxylic acids is 2. The highest BCUT2D eigenvalue weighted by Crippen LogP contribution is 2.20. The topological polar surface area (TPSA) is 77.5 Å². The SMILES string of the molecule is COC(=O)CCC(=O)Nc1ccc2nc(OC)ccc2c1. The van der Waals surface area contributed by atoms with E-state index in [4.69, 9.17) is 4.74 Å². The van der Waals surface area contributed by atoms with E-state index in [-0.39, 0.29) is 18.7 Å². The van der Waals surface area contributed by atoms with Crippen molar-refractivity contribution in [3.63, 3.8) is 0 Å². The fourth-order valence-electron chi connectivity index (χ4n) is 1.84. The third kappa shape index (κ3) is 3.92. The van der Waals surface area contributed by atoms with Crippen LogP contribution in [0.3, 0.4) is 0 Å². The second-order valence-corrected chi connectivity index (χ2v) is 4.39. The van der Waals surface area contributed by atoms with E-state index in [2.05, 4.69) is 15.0 Å². The van der Waals surface area contributed by atoms with Gasteiger partial charge in [-0.1, -0.05) is 0 Å². The lowest BCUT2D eigenvalue weighted by Gasteiger charge is -2.07. The van der Waals surface area contributed by atoms with Crippen LogP contribution in [0.2, 0.25) is 0 Å². The molecule has 6 heteroatoms. The molecule has 1 aromatic carbocycles. The van der Waals surface area contributed by atoms with Crippen molar-refractivity contribution in [1.29, 1.82) is 0 Å². The fourth-order valence-corrected chi connectivity index (χ4v) is 1.84. The van der Waals surface area contributed by atoms with E-state index < -0.39 is 5.97 Å². The Hall–Kier alpha value is -2.63. The van der Waals surface area contributed by atoms with Crippen LogP contribution in [0, 0.1) is 0 Å². The first-order valence-electron chi connectivity index (χ1n) is 6.44. The van der Waals surface area contributed by atoms with Crippen molar-refractivity contribution < 1.29 is 19.1 Å². The molecule has 0 fully saturated rings. The summed E-state index contributed by atoms with van der Waals surface area (Å²) in [4.78, 5) is 27.0. The number of aromatic nitrogens is 1. The number of benzene rings is 1. The van der Waals surface area contributed by atoms with Gasteiger partial charge in [-0.05, 0) is 24.3 Å². The van der Waals surface area contributed by atoms with Gasteiger partial charge in [0.15, 0.2) is 0 Å². The molecule has 0 spiro atoms. The predicted molar refractivity (Wildman–Crippen MR) is 78.2 cm³/mol. The Balaban J connectivity index is 2.05. The molecule has 0 aliphatic heterocycles. The number of nitrogens with zero attached hydrogens (tertiary/aromatic N) is 1. The summed E-state index contributed by atoms with van der Waals surface area (Å²) in [5.41, 5.74) is 1.44. The molecule has 0 saturated heterocycles. The predicted octanol–water partition coefficient (Wildman–Crippen LogP) is 2.14. The Morgan fingerprint density at radius 1 is 1.14 bits per heavy atom. The van der Waals surface area contributed by atoms with Gasteiger partial charge in [0.25, 0.3) is 0 Å². The van der Waals surface area contributed by atoms with Crippen molar-refractivity contribution in [3.8, 4) is 5.88 Å². The number of ether oxygens (including phenoxy) is 2. The van der Waals surface area contributed by atoms with Crippen molar-refractivity contribution >= 4 is 28.5 Å². The first kappa shape index (κ1) is 14.8. The first-order chi connectivity index (χ1) is 10.1. The van der Waals surface area contributed by atoms with Gasteiger partial charge in [-0.25, -0.2) is 4.98 Å². The van der Waals surface area contributed by atoms with Gasteiger partial charge in [0.1, 0.15) is 0 Å². The number of pyridine rings is 1. The van der Waals surface area contributed by atoms with Gasteiger partial charge < -0.3 is 14.8 Å². The van der Waals surface area contributed by atoms with Crippen molar-refractivity contribution in [2.45, 2.75) is 12.8 Å². The Morgan fingerprint density at radius 3 is 2.67 bits per heavy atom. The number of hydrogen-bond donors (Lipinski definition) is 1. The van der Waals surface area contributed by atoms with Gasteiger partial charge in [0.2, 0.25) is 11.8 Å². The minimum atomic E-state index is -0.403. The molecular formula is C15H16N2O4. The smallest absolute Gasteiger partial charge is 0.306 e. The van der Waals surface area contributed by atoms with Crippen LogP contribution in [0.4, 0.5) is 5.69 Å². The van der Waals surface area contributed by atoms with E-state index in [1.807, 2.05) is 12.1 Å². The maximum Gasteiger partial charge on any atom is 0.306 e. The Kier molecular flexibility index (Phi) is 4.71. The molecule has 2 rings (SSSR count). The Morgan fingerprint density at radius 2 is 1.95 bits per heavy atom. The summed E-state index contributed by atoms with van der Waals surface area (Å²) in [6, 6.07) is 8.99. The number of nitrogens with one attached hydrogen (secondary N) is 1. The number of carbonyl (C=O) groups is 2. The summed E-state index contributed by atoms with van der Waals surface area (Å²) < 4.78 is 9.55. The lowest BCUT2D eigenvalue weighted by atomic mass is 10.2. The number of amides is 1. The molecular weight excluding hydrogens is 272 g/mol. The number of methoxy groups -OCH3 is 2. The van der Waals surface area contributed by atoms with E-state index in [0.717, 1.165) is 10.9 Å². The summed E-state index contributed by atoms with van der Waals surface area (Å²) in [6.45, 7) is 0. The molecule has 0 bridgehead atoms. The average molecular weight is 288 g/mol. The summed E-state index contributed by atoms with van der Waals surface area (Å²) in [5, 5.41) is 3.63. The summed E-state index contributed by atoms with van der Waals surface area (Å²) in [7, 11) is 2.86. The third-order valence-electron chi connectivity index (χ3n) is 2.94. The summed E-state index contributed by atoms with van der Waals surface area (Å²) in [6.07, 6.45) is 0.153. The van der Waals surface area contributed by atoms with Crippen LogP contribution >= 0.6 is 0 Å². The molecule has 0 radical (unpaired) electrons. The fraction of sp³-hybridized carbons (Fsp3) is 0.267. The molecule has 0 atom stereocenters. The molecule has 2 aromatic rings. The highest BCUT2D eigenvalue weighted by atomic mass is 16.5. The van der Waals surface area contributed by atoms with E-state index in [9.17, 15) is 9.59 Å². The minimum Gasteiger partial charge on any atom is -0.481 e. The minimum absolute atomic E-state index is 0.0642. The Labute approximate surface area is 122 Å². The maximum atomic E-state index is 11.7. The van der Waals surface area contributed by atoms with Gasteiger partial charge in [0, 0.05) is 23.6 Å². The van der Waals surface area contributed by atoms with Crippen molar-refractivity contribution in [3.05, 3.63) is 30.3 Å². The lowest BCUT2D eigenvalue weighted by molar-refractivity contribution is -0.141. The van der Waals surface area contributed by atoms with E-state index in [0.29, 0.717) is 11.6 Å². The molecule has 110 valence electrons. The zero-order chi connectivity index (χ0) is 15.2. The Bertz CT molecular complexity index is 670. The molecule has 0 aliphatic carbocycles. The van der Waals surface area contributed by atoms with Crippen molar-refractivity contribution in [1.82, 2.24) is 4.98 Å². The second-order valence-electron chi connectivity index (χ2n) is 4.39. The normalized spacial score (nSPS) is 10.2. The molecule has 1 aromatic heterocycles. The van der Waals surface area contributed by atoms with E-state index in [1.165, 1.54) is 7.11 Å². The second kappa shape index (κ2) is 6.69. The van der Waals surface area contributed by atoms with Gasteiger partial charge in [-0.15, -0.1) is 0 Å². The van der Waals surface area contributed by atoms with Crippen LogP contribution < -0.4 is 10.1 Å². The zero-order valence-electron chi connectivity index (χ0n) is 11.9. The molecule has 21 heavy (non-hydrogen) atoms. The quantitative estimate of drug-likeness (QED) is 0.853. The third-order valence-corrected chi connectivity index (χ3v) is 2.94. The summed E-state index contributed by atoms with van der Waals surface area (Å²) >= 11 is 0. The largest absolute Gasteiger partial charge is 0.481 e. The summed E-state index contributed by atoms with van der Waals surface area (Å²) in [5.74, 6) is -0.0986. The number of anilines is 1. The van der Waals surface area contributed by atoms with Gasteiger partial charge in [-0.2, -0.15) is 0 Å². The van der Waals surface area contributed by atoms with Crippen LogP contribution in [-0.4, -0.2) is 31.1 Å². The molecule has 6 nitrogen and oxygen atoms in total. The number of rotatable bonds is 5. The van der Waals surface area contributed by atoms with E-state index >= 15 is 0 Å².